The molecular formula is C14H17F2NO2. The lowest BCUT2D eigenvalue weighted by molar-refractivity contribution is -0.143. The highest BCUT2D eigenvalue weighted by atomic mass is 19.1. The molecule has 0 bridgehead atoms. The number of nitrogens with two attached hydrogens (primary N) is 1. The van der Waals surface area contributed by atoms with Crippen molar-refractivity contribution < 1.29 is 18.7 Å². The highest BCUT2D eigenvalue weighted by molar-refractivity contribution is 5.81. The maximum absolute atomic E-state index is 13.3. The molecule has 1 aromatic rings. The first-order valence-electron chi connectivity index (χ1n) is 6.38. The lowest BCUT2D eigenvalue weighted by Crippen LogP contribution is -2.43. The van der Waals surface area contributed by atoms with Gasteiger partial charge in [-0.2, -0.15) is 0 Å². The number of benzene rings is 1. The highest BCUT2D eigenvalue weighted by Crippen LogP contribution is 2.39. The first kappa shape index (κ1) is 13.9. The lowest BCUT2D eigenvalue weighted by Gasteiger charge is -2.28. The third-order valence-corrected chi connectivity index (χ3v) is 3.85. The number of hydrogen-bond donors (Lipinski definition) is 2. The predicted octanol–water partition coefficient (Wildman–Crippen LogP) is 2.44. The van der Waals surface area contributed by atoms with Gasteiger partial charge in [0.25, 0.3) is 0 Å². The molecule has 5 heteroatoms. The minimum absolute atomic E-state index is 0.112. The van der Waals surface area contributed by atoms with E-state index in [1.54, 1.807) is 0 Å². The van der Waals surface area contributed by atoms with E-state index < -0.39 is 23.0 Å². The summed E-state index contributed by atoms with van der Waals surface area (Å²) < 4.78 is 26.6. The van der Waals surface area contributed by atoms with Gasteiger partial charge >= 0.3 is 5.97 Å². The van der Waals surface area contributed by atoms with Crippen LogP contribution in [0.5, 0.6) is 0 Å². The van der Waals surface area contributed by atoms with Gasteiger partial charge in [0, 0.05) is 12.6 Å². The Hall–Kier alpha value is -1.49. The SMILES string of the molecule is NCC(CCC1CC1)(C(=O)O)c1cc(F)cc(F)c1. The summed E-state index contributed by atoms with van der Waals surface area (Å²) in [6, 6.07) is 2.86. The normalized spacial score (nSPS) is 18.1. The zero-order chi connectivity index (χ0) is 14.0. The van der Waals surface area contributed by atoms with E-state index in [0.717, 1.165) is 37.5 Å². The second-order valence-electron chi connectivity index (χ2n) is 5.23. The molecule has 0 radical (unpaired) electrons. The summed E-state index contributed by atoms with van der Waals surface area (Å²) in [6.07, 6.45) is 3.23. The van der Waals surface area contributed by atoms with Gasteiger partial charge in [-0.1, -0.05) is 12.8 Å². The number of carboxylic acids is 1. The van der Waals surface area contributed by atoms with Gasteiger partial charge in [0.05, 0.1) is 0 Å². The summed E-state index contributed by atoms with van der Waals surface area (Å²) in [7, 11) is 0. The topological polar surface area (TPSA) is 63.3 Å². The van der Waals surface area contributed by atoms with Crippen molar-refractivity contribution in [3.05, 3.63) is 35.4 Å². The molecule has 0 aliphatic heterocycles. The standard InChI is InChI=1S/C14H17F2NO2/c15-11-5-10(6-12(16)7-11)14(8-17,13(18)19)4-3-9-1-2-9/h5-7,9H,1-4,8,17H2,(H,18,19). The zero-order valence-electron chi connectivity index (χ0n) is 10.5. The Labute approximate surface area is 110 Å². The Bertz CT molecular complexity index is 468. The van der Waals surface area contributed by atoms with Crippen molar-refractivity contribution in [3.8, 4) is 0 Å². The molecule has 19 heavy (non-hydrogen) atoms. The van der Waals surface area contributed by atoms with Crippen LogP contribution >= 0.6 is 0 Å². The average Bonchev–Trinajstić information content (AvgIpc) is 3.12. The molecular weight excluding hydrogens is 252 g/mol. The number of aliphatic carboxylic acids is 1. The van der Waals surface area contributed by atoms with E-state index in [-0.39, 0.29) is 12.1 Å². The third kappa shape index (κ3) is 2.92. The van der Waals surface area contributed by atoms with Crippen LogP contribution in [0.2, 0.25) is 0 Å². The molecule has 0 heterocycles. The molecule has 1 aromatic carbocycles. The number of carbonyl (C=O) groups is 1. The quantitative estimate of drug-likeness (QED) is 0.833. The summed E-state index contributed by atoms with van der Waals surface area (Å²) in [6.45, 7) is -0.169. The summed E-state index contributed by atoms with van der Waals surface area (Å²) in [5.74, 6) is -2.15. The molecule has 0 aromatic heterocycles. The van der Waals surface area contributed by atoms with Gasteiger partial charge in [-0.3, -0.25) is 4.79 Å². The lowest BCUT2D eigenvalue weighted by atomic mass is 9.76. The fourth-order valence-electron chi connectivity index (χ4n) is 2.37. The van der Waals surface area contributed by atoms with Crippen LogP contribution < -0.4 is 5.73 Å². The van der Waals surface area contributed by atoms with E-state index >= 15 is 0 Å². The van der Waals surface area contributed by atoms with Crippen LogP contribution in [0.1, 0.15) is 31.2 Å². The molecule has 0 saturated heterocycles. The molecule has 1 atom stereocenters. The Morgan fingerprint density at radius 3 is 2.32 bits per heavy atom. The molecule has 1 fully saturated rings. The predicted molar refractivity (Wildman–Crippen MR) is 66.7 cm³/mol. The molecule has 2 rings (SSSR count). The molecule has 1 saturated carbocycles. The summed E-state index contributed by atoms with van der Waals surface area (Å²) in [5, 5.41) is 9.47. The van der Waals surface area contributed by atoms with Crippen molar-refractivity contribution in [2.75, 3.05) is 6.54 Å². The van der Waals surface area contributed by atoms with Crippen molar-refractivity contribution in [1.29, 1.82) is 0 Å². The van der Waals surface area contributed by atoms with Crippen molar-refractivity contribution in [1.82, 2.24) is 0 Å². The summed E-state index contributed by atoms with van der Waals surface area (Å²) in [5.41, 5.74) is 4.34. The minimum atomic E-state index is -1.40. The van der Waals surface area contributed by atoms with Crippen molar-refractivity contribution >= 4 is 5.97 Å². The van der Waals surface area contributed by atoms with Gasteiger partial charge < -0.3 is 10.8 Å². The van der Waals surface area contributed by atoms with E-state index in [1.165, 1.54) is 0 Å². The van der Waals surface area contributed by atoms with E-state index in [2.05, 4.69) is 0 Å². The Balaban J connectivity index is 2.35. The number of carboxylic acid groups (broad SMARTS) is 1. The van der Waals surface area contributed by atoms with Crippen LogP contribution in [0, 0.1) is 17.6 Å². The first-order valence-corrected chi connectivity index (χ1v) is 6.38. The molecule has 0 spiro atoms. The van der Waals surface area contributed by atoms with Gasteiger partial charge in [-0.15, -0.1) is 0 Å². The van der Waals surface area contributed by atoms with Gasteiger partial charge in [0.1, 0.15) is 17.0 Å². The van der Waals surface area contributed by atoms with Crippen LogP contribution in [-0.4, -0.2) is 17.6 Å². The van der Waals surface area contributed by atoms with E-state index in [4.69, 9.17) is 5.73 Å². The van der Waals surface area contributed by atoms with Gasteiger partial charge in [-0.05, 0) is 36.5 Å². The average molecular weight is 269 g/mol. The van der Waals surface area contributed by atoms with Crippen LogP contribution in [0.25, 0.3) is 0 Å². The van der Waals surface area contributed by atoms with Crippen LogP contribution in [-0.2, 0) is 10.2 Å². The molecule has 0 amide bonds. The highest BCUT2D eigenvalue weighted by Gasteiger charge is 2.41. The van der Waals surface area contributed by atoms with Crippen molar-refractivity contribution in [2.45, 2.75) is 31.1 Å². The van der Waals surface area contributed by atoms with Gasteiger partial charge in [0.2, 0.25) is 0 Å². The largest absolute Gasteiger partial charge is 0.481 e. The molecule has 104 valence electrons. The van der Waals surface area contributed by atoms with Crippen LogP contribution in [0.3, 0.4) is 0 Å². The second-order valence-corrected chi connectivity index (χ2v) is 5.23. The number of hydrogen-bond acceptors (Lipinski definition) is 2. The molecule has 1 unspecified atom stereocenters. The summed E-state index contributed by atoms with van der Waals surface area (Å²) >= 11 is 0. The fraction of sp³-hybridized carbons (Fsp3) is 0.500. The number of rotatable bonds is 6. The molecule has 1 aliphatic rings. The van der Waals surface area contributed by atoms with Crippen LogP contribution in [0.4, 0.5) is 8.78 Å². The second kappa shape index (κ2) is 5.25. The van der Waals surface area contributed by atoms with E-state index in [0.29, 0.717) is 12.3 Å². The summed E-state index contributed by atoms with van der Waals surface area (Å²) in [4.78, 5) is 11.6. The monoisotopic (exact) mass is 269 g/mol. The van der Waals surface area contributed by atoms with Gasteiger partial charge in [0.15, 0.2) is 0 Å². The molecule has 3 N–H and O–H groups in total. The van der Waals surface area contributed by atoms with Crippen molar-refractivity contribution in [2.24, 2.45) is 11.7 Å². The maximum Gasteiger partial charge on any atom is 0.315 e. The Morgan fingerprint density at radius 2 is 1.89 bits per heavy atom. The van der Waals surface area contributed by atoms with Crippen LogP contribution in [0.15, 0.2) is 18.2 Å². The Kier molecular flexibility index (Phi) is 3.85. The van der Waals surface area contributed by atoms with Gasteiger partial charge in [-0.25, -0.2) is 8.78 Å². The van der Waals surface area contributed by atoms with Crippen molar-refractivity contribution in [3.63, 3.8) is 0 Å². The first-order chi connectivity index (χ1) is 8.98. The van der Waals surface area contributed by atoms with E-state index in [9.17, 15) is 18.7 Å². The minimum Gasteiger partial charge on any atom is -0.481 e. The Morgan fingerprint density at radius 1 is 1.32 bits per heavy atom. The fourth-order valence-corrected chi connectivity index (χ4v) is 2.37. The maximum atomic E-state index is 13.3. The molecule has 1 aliphatic carbocycles. The zero-order valence-corrected chi connectivity index (χ0v) is 10.5. The molecule has 3 nitrogen and oxygen atoms in total. The number of halogens is 2. The smallest absolute Gasteiger partial charge is 0.315 e. The third-order valence-electron chi connectivity index (χ3n) is 3.85. The van der Waals surface area contributed by atoms with E-state index in [1.807, 2.05) is 0 Å².